The van der Waals surface area contributed by atoms with E-state index in [4.69, 9.17) is 28.5 Å². The number of amides is 1. The first kappa shape index (κ1) is 12.6. The van der Waals surface area contributed by atoms with Gasteiger partial charge in [-0.05, 0) is 34.7 Å². The summed E-state index contributed by atoms with van der Waals surface area (Å²) < 4.78 is 0.876. The van der Waals surface area contributed by atoms with Crippen LogP contribution in [0.15, 0.2) is 12.1 Å². The van der Waals surface area contributed by atoms with E-state index in [2.05, 4.69) is 27.9 Å². The summed E-state index contributed by atoms with van der Waals surface area (Å²) in [5.74, 6) is -0.428. The summed E-state index contributed by atoms with van der Waals surface area (Å²) in [7, 11) is 0. The summed E-state index contributed by atoms with van der Waals surface area (Å²) in [4.78, 5) is 11.1. The third-order valence-corrected chi connectivity index (χ3v) is 2.73. The maximum atomic E-state index is 11.1. The first-order chi connectivity index (χ1) is 7.04. The number of carbonyl (C=O) groups excluding carboxylic acids is 1. The van der Waals surface area contributed by atoms with Crippen LogP contribution in [0.4, 0.5) is 5.69 Å². The van der Waals surface area contributed by atoms with Crippen molar-refractivity contribution in [3.8, 4) is 6.07 Å². The summed E-state index contributed by atoms with van der Waals surface area (Å²) in [5.41, 5.74) is 0.346. The highest BCUT2D eigenvalue weighted by Gasteiger charge is 2.10. The second kappa shape index (κ2) is 5.54. The Morgan fingerprint density at radius 2 is 2.00 bits per heavy atom. The zero-order chi connectivity index (χ0) is 11.4. The fourth-order valence-electron chi connectivity index (χ4n) is 0.917. The fraction of sp³-hybridized carbons (Fsp3) is 0.111. The van der Waals surface area contributed by atoms with Gasteiger partial charge in [0.05, 0.1) is 21.8 Å². The molecule has 1 amide bonds. The van der Waals surface area contributed by atoms with Crippen molar-refractivity contribution in [2.24, 2.45) is 0 Å². The van der Waals surface area contributed by atoms with Gasteiger partial charge in [-0.3, -0.25) is 4.79 Å². The summed E-state index contributed by atoms with van der Waals surface area (Å²) in [5, 5.41) is 11.5. The maximum Gasteiger partial charge on any atom is 0.238 e. The van der Waals surface area contributed by atoms with Crippen molar-refractivity contribution in [3.63, 3.8) is 0 Å². The van der Waals surface area contributed by atoms with Gasteiger partial charge < -0.3 is 5.32 Å². The molecule has 1 aromatic rings. The van der Waals surface area contributed by atoms with Gasteiger partial charge in [0, 0.05) is 3.57 Å². The van der Waals surface area contributed by atoms with Crippen molar-refractivity contribution in [2.75, 3.05) is 5.32 Å². The fourth-order valence-corrected chi connectivity index (χ4v) is 2.49. The first-order valence-corrected chi connectivity index (χ1v) is 5.69. The minimum atomic E-state index is -0.428. The number of nitrogens with zero attached hydrogens (tertiary/aromatic N) is 1. The smallest absolute Gasteiger partial charge is 0.238 e. The van der Waals surface area contributed by atoms with Crippen molar-refractivity contribution in [1.82, 2.24) is 0 Å². The maximum absolute atomic E-state index is 11.1. The lowest BCUT2D eigenvalue weighted by atomic mass is 10.3. The van der Waals surface area contributed by atoms with Crippen molar-refractivity contribution in [1.29, 1.82) is 5.26 Å². The van der Waals surface area contributed by atoms with Crippen molar-refractivity contribution < 1.29 is 4.79 Å². The number of hydrogen-bond donors (Lipinski definition) is 1. The molecule has 15 heavy (non-hydrogen) atoms. The van der Waals surface area contributed by atoms with Crippen LogP contribution in [-0.4, -0.2) is 5.91 Å². The molecule has 0 radical (unpaired) electrons. The number of anilines is 1. The van der Waals surface area contributed by atoms with E-state index >= 15 is 0 Å². The van der Waals surface area contributed by atoms with Crippen LogP contribution in [-0.2, 0) is 4.79 Å². The molecule has 0 spiro atoms. The highest BCUT2D eigenvalue weighted by molar-refractivity contribution is 14.1. The molecule has 0 saturated carbocycles. The van der Waals surface area contributed by atoms with Gasteiger partial charge in [0.25, 0.3) is 0 Å². The largest absolute Gasteiger partial charge is 0.323 e. The number of hydrogen-bond acceptors (Lipinski definition) is 2. The van der Waals surface area contributed by atoms with E-state index in [-0.39, 0.29) is 6.42 Å². The number of carbonyl (C=O) groups is 1. The Balaban J connectivity index is 2.96. The van der Waals surface area contributed by atoms with E-state index in [0.29, 0.717) is 15.7 Å². The molecule has 6 heteroatoms. The van der Waals surface area contributed by atoms with Crippen molar-refractivity contribution in [3.05, 3.63) is 25.7 Å². The third kappa shape index (κ3) is 3.52. The molecule has 0 aliphatic rings. The second-order valence-corrected chi connectivity index (χ2v) is 4.69. The molecule has 1 aromatic carbocycles. The summed E-state index contributed by atoms with van der Waals surface area (Å²) in [6.07, 6.45) is -0.224. The zero-order valence-electron chi connectivity index (χ0n) is 7.35. The van der Waals surface area contributed by atoms with Gasteiger partial charge in [-0.2, -0.15) is 5.26 Å². The molecule has 0 saturated heterocycles. The Hall–Kier alpha value is -0.510. The summed E-state index contributed by atoms with van der Waals surface area (Å²) in [6, 6.07) is 5.09. The van der Waals surface area contributed by atoms with E-state index in [0.717, 1.165) is 3.57 Å². The van der Waals surface area contributed by atoms with Gasteiger partial charge >= 0.3 is 0 Å². The molecule has 0 fully saturated rings. The molecule has 0 bridgehead atoms. The predicted molar refractivity (Wildman–Crippen MR) is 68.0 cm³/mol. The number of benzene rings is 1. The van der Waals surface area contributed by atoms with Gasteiger partial charge in [0.15, 0.2) is 0 Å². The number of halogens is 3. The van der Waals surface area contributed by atoms with Gasteiger partial charge in [-0.1, -0.05) is 23.2 Å². The van der Waals surface area contributed by atoms with Crippen molar-refractivity contribution in [2.45, 2.75) is 6.42 Å². The predicted octanol–water partition coefficient (Wildman–Crippen LogP) is 3.45. The molecule has 0 aliphatic heterocycles. The molecule has 3 nitrogen and oxygen atoms in total. The van der Waals surface area contributed by atoms with Gasteiger partial charge in [-0.15, -0.1) is 0 Å². The van der Waals surface area contributed by atoms with Gasteiger partial charge in [-0.25, -0.2) is 0 Å². The van der Waals surface area contributed by atoms with E-state index in [1.807, 2.05) is 0 Å². The molecule has 0 aromatic heterocycles. The molecular formula is C9H5Cl2IN2O. The third-order valence-electron chi connectivity index (χ3n) is 1.51. The van der Waals surface area contributed by atoms with Crippen LogP contribution < -0.4 is 5.32 Å². The van der Waals surface area contributed by atoms with Gasteiger partial charge in [0.2, 0.25) is 5.91 Å². The standard InChI is InChI=1S/C9H5Cl2IN2O/c10-6-3-5(12)4-7(11)9(6)14-8(15)1-2-13/h3-4H,1H2,(H,14,15). The molecule has 1 N–H and O–H groups in total. The van der Waals surface area contributed by atoms with Crippen LogP contribution >= 0.6 is 45.8 Å². The van der Waals surface area contributed by atoms with Gasteiger partial charge in [0.1, 0.15) is 6.42 Å². The zero-order valence-corrected chi connectivity index (χ0v) is 11.0. The Kier molecular flexibility index (Phi) is 4.64. The molecule has 1 rings (SSSR count). The topological polar surface area (TPSA) is 52.9 Å². The van der Waals surface area contributed by atoms with E-state index in [1.54, 1.807) is 18.2 Å². The summed E-state index contributed by atoms with van der Waals surface area (Å²) in [6.45, 7) is 0. The number of rotatable bonds is 2. The second-order valence-electron chi connectivity index (χ2n) is 2.63. The van der Waals surface area contributed by atoms with E-state index in [1.165, 1.54) is 0 Å². The molecule has 78 valence electrons. The Bertz CT molecular complexity index is 419. The van der Waals surface area contributed by atoms with Crippen LogP contribution in [0.1, 0.15) is 6.42 Å². The molecular weight excluding hydrogens is 350 g/mol. The first-order valence-electron chi connectivity index (χ1n) is 3.86. The van der Waals surface area contributed by atoms with Crippen LogP contribution in [0.5, 0.6) is 0 Å². The molecule has 0 unspecified atom stereocenters. The minimum absolute atomic E-state index is 0.224. The quantitative estimate of drug-likeness (QED) is 0.827. The van der Waals surface area contributed by atoms with Crippen LogP contribution in [0.3, 0.4) is 0 Å². The Morgan fingerprint density at radius 3 is 2.47 bits per heavy atom. The number of nitriles is 1. The average Bonchev–Trinajstić information content (AvgIpc) is 2.11. The Morgan fingerprint density at radius 1 is 1.47 bits per heavy atom. The Labute approximate surface area is 110 Å². The molecule has 0 aliphatic carbocycles. The van der Waals surface area contributed by atoms with Crippen LogP contribution in [0, 0.1) is 14.9 Å². The van der Waals surface area contributed by atoms with Crippen LogP contribution in [0.25, 0.3) is 0 Å². The van der Waals surface area contributed by atoms with E-state index in [9.17, 15) is 4.79 Å². The SMILES string of the molecule is N#CCC(=O)Nc1c(Cl)cc(I)cc1Cl. The lowest BCUT2D eigenvalue weighted by Gasteiger charge is -2.08. The highest BCUT2D eigenvalue weighted by atomic mass is 127. The van der Waals surface area contributed by atoms with E-state index < -0.39 is 5.91 Å². The average molecular weight is 355 g/mol. The van der Waals surface area contributed by atoms with Crippen molar-refractivity contribution >= 4 is 57.4 Å². The lowest BCUT2D eigenvalue weighted by Crippen LogP contribution is -2.11. The number of nitrogens with one attached hydrogen (secondary N) is 1. The highest BCUT2D eigenvalue weighted by Crippen LogP contribution is 2.32. The molecule has 0 atom stereocenters. The summed E-state index contributed by atoms with van der Waals surface area (Å²) >= 11 is 13.8. The lowest BCUT2D eigenvalue weighted by molar-refractivity contribution is -0.115. The normalized spacial score (nSPS) is 9.47. The monoisotopic (exact) mass is 354 g/mol. The molecule has 0 heterocycles. The minimum Gasteiger partial charge on any atom is -0.323 e. The van der Waals surface area contributed by atoms with Crippen LogP contribution in [0.2, 0.25) is 10.0 Å².